The standard InChI is InChI=1S/C30H31ClN6O/c1-20(2)34-19-27(22-6-8-24(31)9-7-22)30(38)37-14-12-36(13-15-37)28-25-10-11-33-29(25)35-18-26(28)23-5-3-4-21(16-23)17-32/h3-11,16,18,20,27,34H,12-15,19H2,1-2H3,(H,33,35). The summed E-state index contributed by atoms with van der Waals surface area (Å²) in [6.07, 6.45) is 3.77. The number of rotatable bonds is 7. The Hall–Kier alpha value is -3.86. The molecule has 5 rings (SSSR count). The second-order valence-corrected chi connectivity index (χ2v) is 10.4. The van der Waals surface area contributed by atoms with Crippen LogP contribution >= 0.6 is 11.6 Å². The maximum absolute atomic E-state index is 13.8. The predicted molar refractivity (Wildman–Crippen MR) is 152 cm³/mol. The molecule has 0 spiro atoms. The number of amides is 1. The maximum Gasteiger partial charge on any atom is 0.231 e. The van der Waals surface area contributed by atoms with Crippen molar-refractivity contribution in [1.29, 1.82) is 5.26 Å². The monoisotopic (exact) mass is 526 g/mol. The number of aromatic nitrogens is 2. The van der Waals surface area contributed by atoms with Crippen molar-refractivity contribution in [2.75, 3.05) is 37.6 Å². The highest BCUT2D eigenvalue weighted by Crippen LogP contribution is 2.37. The average Bonchev–Trinajstić information content (AvgIpc) is 3.42. The van der Waals surface area contributed by atoms with Crippen molar-refractivity contribution in [1.82, 2.24) is 20.2 Å². The number of carbonyl (C=O) groups is 1. The summed E-state index contributed by atoms with van der Waals surface area (Å²) in [6, 6.07) is 19.8. The Bertz CT molecular complexity index is 1460. The minimum Gasteiger partial charge on any atom is -0.367 e. The van der Waals surface area contributed by atoms with E-state index < -0.39 is 0 Å². The summed E-state index contributed by atoms with van der Waals surface area (Å²) in [4.78, 5) is 25.9. The predicted octanol–water partition coefficient (Wildman–Crippen LogP) is 5.19. The minimum absolute atomic E-state index is 0.128. The zero-order valence-corrected chi connectivity index (χ0v) is 22.4. The number of hydrogen-bond donors (Lipinski definition) is 2. The number of fused-ring (bicyclic) bond motifs is 1. The fourth-order valence-corrected chi connectivity index (χ4v) is 5.20. The molecule has 2 aromatic heterocycles. The van der Waals surface area contributed by atoms with Gasteiger partial charge in [-0.1, -0.05) is 49.7 Å². The molecule has 38 heavy (non-hydrogen) atoms. The van der Waals surface area contributed by atoms with Gasteiger partial charge in [-0.3, -0.25) is 4.79 Å². The molecule has 1 atom stereocenters. The third kappa shape index (κ3) is 5.38. The van der Waals surface area contributed by atoms with E-state index in [9.17, 15) is 10.1 Å². The van der Waals surface area contributed by atoms with Crippen LogP contribution < -0.4 is 10.2 Å². The Balaban J connectivity index is 1.40. The van der Waals surface area contributed by atoms with E-state index in [0.717, 1.165) is 33.4 Å². The number of H-pyrrole nitrogens is 1. The van der Waals surface area contributed by atoms with Crippen molar-refractivity contribution >= 4 is 34.2 Å². The fraction of sp³-hybridized carbons (Fsp3) is 0.300. The maximum atomic E-state index is 13.8. The highest BCUT2D eigenvalue weighted by molar-refractivity contribution is 6.30. The number of aromatic amines is 1. The van der Waals surface area contributed by atoms with Gasteiger partial charge in [0.2, 0.25) is 5.91 Å². The van der Waals surface area contributed by atoms with Gasteiger partial charge in [0.1, 0.15) is 5.65 Å². The third-order valence-electron chi connectivity index (χ3n) is 7.07. The molecule has 194 valence electrons. The molecule has 0 bridgehead atoms. The first-order chi connectivity index (χ1) is 18.4. The molecule has 2 aromatic carbocycles. The Morgan fingerprint density at radius 3 is 2.61 bits per heavy atom. The molecule has 0 saturated carbocycles. The molecule has 7 nitrogen and oxygen atoms in total. The molecule has 1 fully saturated rings. The number of pyridine rings is 1. The van der Waals surface area contributed by atoms with Gasteiger partial charge in [0.05, 0.1) is 23.2 Å². The molecule has 1 unspecified atom stereocenters. The van der Waals surface area contributed by atoms with E-state index in [2.05, 4.69) is 40.1 Å². The van der Waals surface area contributed by atoms with Crippen LogP contribution in [0.3, 0.4) is 0 Å². The lowest BCUT2D eigenvalue weighted by Crippen LogP contribution is -2.51. The third-order valence-corrected chi connectivity index (χ3v) is 7.32. The largest absolute Gasteiger partial charge is 0.367 e. The first-order valence-electron chi connectivity index (χ1n) is 12.9. The van der Waals surface area contributed by atoms with Crippen molar-refractivity contribution in [2.45, 2.75) is 25.8 Å². The van der Waals surface area contributed by atoms with E-state index >= 15 is 0 Å². The number of hydrogen-bond acceptors (Lipinski definition) is 5. The molecule has 2 N–H and O–H groups in total. The van der Waals surface area contributed by atoms with Gasteiger partial charge < -0.3 is 20.1 Å². The van der Waals surface area contributed by atoms with Crippen LogP contribution in [-0.4, -0.2) is 59.5 Å². The average molecular weight is 527 g/mol. The zero-order valence-electron chi connectivity index (χ0n) is 21.6. The molecule has 0 aliphatic carbocycles. The van der Waals surface area contributed by atoms with E-state index in [1.54, 1.807) is 6.07 Å². The molecule has 1 aliphatic heterocycles. The highest BCUT2D eigenvalue weighted by atomic mass is 35.5. The van der Waals surface area contributed by atoms with Crippen LogP contribution in [0.5, 0.6) is 0 Å². The summed E-state index contributed by atoms with van der Waals surface area (Å²) < 4.78 is 0. The summed E-state index contributed by atoms with van der Waals surface area (Å²) in [5.41, 5.74) is 5.42. The number of halogens is 1. The van der Waals surface area contributed by atoms with Gasteiger partial charge in [-0.2, -0.15) is 5.26 Å². The van der Waals surface area contributed by atoms with Gasteiger partial charge in [-0.05, 0) is 41.5 Å². The second-order valence-electron chi connectivity index (χ2n) is 9.93. The van der Waals surface area contributed by atoms with E-state index in [-0.39, 0.29) is 17.9 Å². The van der Waals surface area contributed by atoms with Gasteiger partial charge in [-0.25, -0.2) is 4.98 Å². The Kier molecular flexibility index (Phi) is 7.64. The minimum atomic E-state index is -0.275. The van der Waals surface area contributed by atoms with Crippen molar-refractivity contribution in [2.24, 2.45) is 0 Å². The van der Waals surface area contributed by atoms with Crippen LogP contribution in [-0.2, 0) is 4.79 Å². The number of nitrogens with zero attached hydrogens (tertiary/aromatic N) is 4. The van der Waals surface area contributed by atoms with Crippen LogP contribution in [0.2, 0.25) is 5.02 Å². The van der Waals surface area contributed by atoms with Gasteiger partial charge >= 0.3 is 0 Å². The highest BCUT2D eigenvalue weighted by Gasteiger charge is 2.30. The molecular weight excluding hydrogens is 496 g/mol. The van der Waals surface area contributed by atoms with E-state index in [0.29, 0.717) is 43.3 Å². The van der Waals surface area contributed by atoms with Crippen LogP contribution in [0.15, 0.2) is 67.0 Å². The SMILES string of the molecule is CC(C)NCC(C(=O)N1CCN(c2c(-c3cccc(C#N)c3)cnc3[nH]ccc23)CC1)c1ccc(Cl)cc1. The number of piperazine rings is 1. The summed E-state index contributed by atoms with van der Waals surface area (Å²) in [6.45, 7) is 7.39. The fourth-order valence-electron chi connectivity index (χ4n) is 5.07. The Labute approximate surface area is 228 Å². The Morgan fingerprint density at radius 1 is 1.13 bits per heavy atom. The number of benzene rings is 2. The van der Waals surface area contributed by atoms with Crippen LogP contribution in [0.4, 0.5) is 5.69 Å². The first kappa shape index (κ1) is 25.8. The van der Waals surface area contributed by atoms with Crippen molar-refractivity contribution < 1.29 is 4.79 Å². The van der Waals surface area contributed by atoms with E-state index in [4.69, 9.17) is 11.6 Å². The van der Waals surface area contributed by atoms with Gasteiger partial charge in [-0.15, -0.1) is 0 Å². The molecule has 0 radical (unpaired) electrons. The van der Waals surface area contributed by atoms with Gasteiger partial charge in [0, 0.05) is 67.1 Å². The lowest BCUT2D eigenvalue weighted by molar-refractivity contribution is -0.133. The second kappa shape index (κ2) is 11.3. The number of nitrogens with one attached hydrogen (secondary N) is 2. The summed E-state index contributed by atoms with van der Waals surface area (Å²) in [5.74, 6) is -0.147. The molecule has 4 aromatic rings. The Morgan fingerprint density at radius 2 is 1.89 bits per heavy atom. The molecule has 1 aliphatic rings. The topological polar surface area (TPSA) is 88.1 Å². The summed E-state index contributed by atoms with van der Waals surface area (Å²) >= 11 is 6.11. The molecule has 1 amide bonds. The van der Waals surface area contributed by atoms with Crippen molar-refractivity contribution in [3.8, 4) is 17.2 Å². The molecule has 8 heteroatoms. The van der Waals surface area contributed by atoms with Crippen LogP contribution in [0.25, 0.3) is 22.2 Å². The number of nitriles is 1. The quantitative estimate of drug-likeness (QED) is 0.346. The molecular formula is C30H31ClN6O. The smallest absolute Gasteiger partial charge is 0.231 e. The van der Waals surface area contributed by atoms with Gasteiger partial charge in [0.25, 0.3) is 0 Å². The normalized spacial score (nSPS) is 14.6. The van der Waals surface area contributed by atoms with E-state index in [1.807, 2.05) is 65.8 Å². The van der Waals surface area contributed by atoms with Gasteiger partial charge in [0.15, 0.2) is 0 Å². The summed E-state index contributed by atoms with van der Waals surface area (Å²) in [7, 11) is 0. The van der Waals surface area contributed by atoms with E-state index in [1.165, 1.54) is 0 Å². The summed E-state index contributed by atoms with van der Waals surface area (Å²) in [5, 5.41) is 14.6. The van der Waals surface area contributed by atoms with Crippen LogP contribution in [0.1, 0.15) is 30.9 Å². The van der Waals surface area contributed by atoms with Crippen molar-refractivity contribution in [3.05, 3.63) is 83.1 Å². The number of anilines is 1. The lowest BCUT2D eigenvalue weighted by Gasteiger charge is -2.38. The van der Waals surface area contributed by atoms with Crippen LogP contribution in [0, 0.1) is 11.3 Å². The molecule has 3 heterocycles. The van der Waals surface area contributed by atoms with Crippen molar-refractivity contribution in [3.63, 3.8) is 0 Å². The lowest BCUT2D eigenvalue weighted by atomic mass is 9.96. The molecule has 1 saturated heterocycles. The first-order valence-corrected chi connectivity index (χ1v) is 13.3. The number of carbonyl (C=O) groups excluding carboxylic acids is 1. The zero-order chi connectivity index (χ0) is 26.6.